The van der Waals surface area contributed by atoms with E-state index < -0.39 is 0 Å². The zero-order chi connectivity index (χ0) is 11.8. The topological polar surface area (TPSA) is 46.5 Å². The minimum absolute atomic E-state index is 0.0306. The monoisotopic (exact) mass is 226 g/mol. The average molecular weight is 226 g/mol. The van der Waals surface area contributed by atoms with E-state index in [0.717, 1.165) is 38.5 Å². The first-order chi connectivity index (χ1) is 7.77. The first kappa shape index (κ1) is 13.2. The standard InChI is InChI=1S/C13H22O3/c1-2-16-13(15)12-8-6-11(7-9-12)5-3-4-10-14/h5,12,14H,2-4,6-10H2,1H3. The summed E-state index contributed by atoms with van der Waals surface area (Å²) in [5.41, 5.74) is 1.44. The van der Waals surface area contributed by atoms with Gasteiger partial charge in [0.05, 0.1) is 12.5 Å². The Morgan fingerprint density at radius 2 is 2.19 bits per heavy atom. The minimum Gasteiger partial charge on any atom is -0.466 e. The minimum atomic E-state index is -0.0306. The molecule has 0 aromatic heterocycles. The number of esters is 1. The summed E-state index contributed by atoms with van der Waals surface area (Å²) < 4.78 is 5.02. The van der Waals surface area contributed by atoms with Crippen LogP contribution in [0.1, 0.15) is 45.4 Å². The van der Waals surface area contributed by atoms with Crippen molar-refractivity contribution in [1.29, 1.82) is 0 Å². The average Bonchev–Trinajstić information content (AvgIpc) is 2.30. The predicted molar refractivity (Wildman–Crippen MR) is 63.0 cm³/mol. The third-order valence-corrected chi connectivity index (χ3v) is 3.04. The van der Waals surface area contributed by atoms with Gasteiger partial charge >= 0.3 is 5.97 Å². The van der Waals surface area contributed by atoms with Crippen LogP contribution in [0.4, 0.5) is 0 Å². The van der Waals surface area contributed by atoms with Gasteiger partial charge in [-0.2, -0.15) is 0 Å². The second-order valence-electron chi connectivity index (χ2n) is 4.25. The van der Waals surface area contributed by atoms with Crippen molar-refractivity contribution < 1.29 is 14.6 Å². The molecule has 0 aliphatic heterocycles. The van der Waals surface area contributed by atoms with Crippen molar-refractivity contribution in [3.63, 3.8) is 0 Å². The number of aliphatic hydroxyl groups excluding tert-OH is 1. The zero-order valence-corrected chi connectivity index (χ0v) is 10.1. The SMILES string of the molecule is CCOC(=O)C1CCC(=CCCCO)CC1. The number of carbonyl (C=O) groups is 1. The number of carbonyl (C=O) groups excluding carboxylic acids is 1. The van der Waals surface area contributed by atoms with Crippen molar-refractivity contribution in [2.45, 2.75) is 45.4 Å². The maximum Gasteiger partial charge on any atom is 0.308 e. The summed E-state index contributed by atoms with van der Waals surface area (Å²) in [5, 5.41) is 8.68. The Labute approximate surface area is 97.5 Å². The number of ether oxygens (including phenoxy) is 1. The van der Waals surface area contributed by atoms with E-state index >= 15 is 0 Å². The van der Waals surface area contributed by atoms with Crippen LogP contribution in [-0.4, -0.2) is 24.3 Å². The zero-order valence-electron chi connectivity index (χ0n) is 10.1. The van der Waals surface area contributed by atoms with E-state index in [2.05, 4.69) is 6.08 Å². The van der Waals surface area contributed by atoms with Gasteiger partial charge in [0.15, 0.2) is 0 Å². The Morgan fingerprint density at radius 3 is 2.75 bits per heavy atom. The van der Waals surface area contributed by atoms with Gasteiger partial charge in [-0.3, -0.25) is 4.79 Å². The van der Waals surface area contributed by atoms with Crippen LogP contribution in [0, 0.1) is 5.92 Å². The molecule has 0 aromatic carbocycles. The molecule has 0 amide bonds. The number of hydrogen-bond donors (Lipinski definition) is 1. The van der Waals surface area contributed by atoms with E-state index in [1.807, 2.05) is 6.92 Å². The fourth-order valence-corrected chi connectivity index (χ4v) is 2.09. The highest BCUT2D eigenvalue weighted by Gasteiger charge is 2.23. The molecule has 1 fully saturated rings. The summed E-state index contributed by atoms with van der Waals surface area (Å²) in [6, 6.07) is 0. The highest BCUT2D eigenvalue weighted by Crippen LogP contribution is 2.29. The molecule has 1 aliphatic rings. The van der Waals surface area contributed by atoms with E-state index in [1.165, 1.54) is 5.57 Å². The molecule has 0 bridgehead atoms. The van der Waals surface area contributed by atoms with Crippen molar-refractivity contribution in [3.8, 4) is 0 Å². The molecular formula is C13H22O3. The van der Waals surface area contributed by atoms with E-state index in [4.69, 9.17) is 9.84 Å². The summed E-state index contributed by atoms with van der Waals surface area (Å²) in [7, 11) is 0. The highest BCUT2D eigenvalue weighted by atomic mass is 16.5. The van der Waals surface area contributed by atoms with Crippen molar-refractivity contribution in [2.75, 3.05) is 13.2 Å². The summed E-state index contributed by atoms with van der Waals surface area (Å²) in [5.74, 6) is 0.0758. The number of hydrogen-bond acceptors (Lipinski definition) is 3. The first-order valence-electron chi connectivity index (χ1n) is 6.23. The molecular weight excluding hydrogens is 204 g/mol. The van der Waals surface area contributed by atoms with Crippen LogP contribution in [0.5, 0.6) is 0 Å². The van der Waals surface area contributed by atoms with Gasteiger partial charge < -0.3 is 9.84 Å². The Hall–Kier alpha value is -0.830. The molecule has 1 aliphatic carbocycles. The van der Waals surface area contributed by atoms with Gasteiger partial charge in [0.2, 0.25) is 0 Å². The van der Waals surface area contributed by atoms with Gasteiger partial charge in [0, 0.05) is 6.61 Å². The molecule has 1 saturated carbocycles. The predicted octanol–water partition coefficient (Wildman–Crippen LogP) is 2.44. The maximum absolute atomic E-state index is 11.5. The first-order valence-corrected chi connectivity index (χ1v) is 6.23. The number of rotatable bonds is 5. The molecule has 3 heteroatoms. The third kappa shape index (κ3) is 4.35. The third-order valence-electron chi connectivity index (χ3n) is 3.04. The van der Waals surface area contributed by atoms with Crippen LogP contribution < -0.4 is 0 Å². The maximum atomic E-state index is 11.5. The normalized spacial score (nSPS) is 20.6. The van der Waals surface area contributed by atoms with Crippen LogP contribution in [-0.2, 0) is 9.53 Å². The molecule has 0 aromatic rings. The lowest BCUT2D eigenvalue weighted by molar-refractivity contribution is -0.148. The Morgan fingerprint density at radius 1 is 1.50 bits per heavy atom. The summed E-state index contributed by atoms with van der Waals surface area (Å²) in [6.45, 7) is 2.59. The molecule has 0 heterocycles. The summed E-state index contributed by atoms with van der Waals surface area (Å²) in [4.78, 5) is 11.5. The Kier molecular flexibility index (Phi) is 6.16. The van der Waals surface area contributed by atoms with Gasteiger partial charge in [-0.25, -0.2) is 0 Å². The molecule has 0 spiro atoms. The molecule has 0 atom stereocenters. The molecule has 1 rings (SSSR count). The molecule has 92 valence electrons. The number of aliphatic hydroxyl groups is 1. The van der Waals surface area contributed by atoms with Gasteiger partial charge in [-0.15, -0.1) is 0 Å². The van der Waals surface area contributed by atoms with Crippen molar-refractivity contribution >= 4 is 5.97 Å². The largest absolute Gasteiger partial charge is 0.466 e. The van der Waals surface area contributed by atoms with Crippen LogP contribution in [0.2, 0.25) is 0 Å². The van der Waals surface area contributed by atoms with Crippen LogP contribution in [0.3, 0.4) is 0 Å². The van der Waals surface area contributed by atoms with Gasteiger partial charge in [-0.05, 0) is 45.4 Å². The fourth-order valence-electron chi connectivity index (χ4n) is 2.09. The molecule has 3 nitrogen and oxygen atoms in total. The van der Waals surface area contributed by atoms with Crippen molar-refractivity contribution in [2.24, 2.45) is 5.92 Å². The van der Waals surface area contributed by atoms with E-state index in [-0.39, 0.29) is 18.5 Å². The van der Waals surface area contributed by atoms with E-state index in [0.29, 0.717) is 6.61 Å². The number of unbranched alkanes of at least 4 members (excludes halogenated alkanes) is 1. The molecule has 1 N–H and O–H groups in total. The Bertz CT molecular complexity index is 236. The van der Waals surface area contributed by atoms with Gasteiger partial charge in [0.25, 0.3) is 0 Å². The molecule has 0 radical (unpaired) electrons. The van der Waals surface area contributed by atoms with Gasteiger partial charge in [-0.1, -0.05) is 11.6 Å². The molecule has 16 heavy (non-hydrogen) atoms. The lowest BCUT2D eigenvalue weighted by atomic mass is 9.85. The lowest BCUT2D eigenvalue weighted by Crippen LogP contribution is -2.21. The van der Waals surface area contributed by atoms with Crippen LogP contribution in [0.15, 0.2) is 11.6 Å². The summed E-state index contributed by atoms with van der Waals surface area (Å²) >= 11 is 0. The van der Waals surface area contributed by atoms with Crippen LogP contribution in [0.25, 0.3) is 0 Å². The fraction of sp³-hybridized carbons (Fsp3) is 0.769. The van der Waals surface area contributed by atoms with E-state index in [1.54, 1.807) is 0 Å². The second kappa shape index (κ2) is 7.44. The lowest BCUT2D eigenvalue weighted by Gasteiger charge is -2.22. The smallest absolute Gasteiger partial charge is 0.308 e. The van der Waals surface area contributed by atoms with Crippen LogP contribution >= 0.6 is 0 Å². The van der Waals surface area contributed by atoms with Crippen molar-refractivity contribution in [1.82, 2.24) is 0 Å². The molecule has 0 unspecified atom stereocenters. The quantitative estimate of drug-likeness (QED) is 0.445. The van der Waals surface area contributed by atoms with Crippen molar-refractivity contribution in [3.05, 3.63) is 11.6 Å². The van der Waals surface area contributed by atoms with Gasteiger partial charge in [0.1, 0.15) is 0 Å². The molecule has 0 saturated heterocycles. The summed E-state index contributed by atoms with van der Waals surface area (Å²) in [6.07, 6.45) is 7.87. The second-order valence-corrected chi connectivity index (χ2v) is 4.25. The van der Waals surface area contributed by atoms with E-state index in [9.17, 15) is 4.79 Å². The number of allylic oxidation sites excluding steroid dienone is 2. The Balaban J connectivity index is 2.28. The highest BCUT2D eigenvalue weighted by molar-refractivity contribution is 5.72.